The van der Waals surface area contributed by atoms with E-state index in [1.54, 1.807) is 11.1 Å². The van der Waals surface area contributed by atoms with Crippen molar-refractivity contribution in [2.75, 3.05) is 13.6 Å². The van der Waals surface area contributed by atoms with Crippen molar-refractivity contribution in [3.05, 3.63) is 29.7 Å². The summed E-state index contributed by atoms with van der Waals surface area (Å²) < 4.78 is 5.72. The first-order valence-electron chi connectivity index (χ1n) is 9.73. The quantitative estimate of drug-likeness (QED) is 0.744. The highest BCUT2D eigenvalue weighted by atomic mass is 16.4. The maximum atomic E-state index is 12.2. The molecule has 0 aromatic carbocycles. The third-order valence-electron chi connectivity index (χ3n) is 5.27. The van der Waals surface area contributed by atoms with Gasteiger partial charge in [-0.25, -0.2) is 0 Å². The van der Waals surface area contributed by atoms with Crippen LogP contribution in [0.1, 0.15) is 62.3 Å². The predicted molar refractivity (Wildman–Crippen MR) is 97.4 cm³/mol. The van der Waals surface area contributed by atoms with Gasteiger partial charge >= 0.3 is 0 Å². The van der Waals surface area contributed by atoms with Crippen LogP contribution in [0.15, 0.2) is 16.8 Å². The molecule has 1 amide bonds. The molecule has 2 aromatic rings. The average molecular weight is 359 g/mol. The van der Waals surface area contributed by atoms with Crippen molar-refractivity contribution in [1.82, 2.24) is 25.3 Å². The van der Waals surface area contributed by atoms with Crippen LogP contribution < -0.4 is 0 Å². The number of likely N-dealkylation sites (N-methyl/N-ethyl adjacent to an activating group) is 1. The average Bonchev–Trinajstić information content (AvgIpc) is 3.35. The van der Waals surface area contributed by atoms with Crippen molar-refractivity contribution in [3.63, 3.8) is 0 Å². The lowest BCUT2D eigenvalue weighted by atomic mass is 9.86. The molecule has 1 fully saturated rings. The van der Waals surface area contributed by atoms with Crippen molar-refractivity contribution in [2.24, 2.45) is 5.92 Å². The van der Waals surface area contributed by atoms with Gasteiger partial charge in [0.2, 0.25) is 17.7 Å². The van der Waals surface area contributed by atoms with Crippen LogP contribution in [0.25, 0.3) is 0 Å². The van der Waals surface area contributed by atoms with E-state index in [-0.39, 0.29) is 5.91 Å². The zero-order chi connectivity index (χ0) is 18.2. The first-order chi connectivity index (χ1) is 12.7. The smallest absolute Gasteiger partial charge is 0.222 e. The number of aromatic nitrogens is 4. The van der Waals surface area contributed by atoms with Crippen LogP contribution in [0.4, 0.5) is 0 Å². The third-order valence-corrected chi connectivity index (χ3v) is 5.27. The molecule has 1 aliphatic rings. The number of H-pyrrole nitrogens is 1. The molecular weight excluding hydrogens is 330 g/mol. The molecule has 0 saturated heterocycles. The van der Waals surface area contributed by atoms with Crippen LogP contribution in [0.3, 0.4) is 0 Å². The normalized spacial score (nSPS) is 15.3. The number of amides is 1. The number of nitrogens with one attached hydrogen (secondary N) is 1. The molecule has 0 bridgehead atoms. The van der Waals surface area contributed by atoms with E-state index in [9.17, 15) is 4.79 Å². The highest BCUT2D eigenvalue weighted by Gasteiger charge is 2.16. The molecule has 7 heteroatoms. The van der Waals surface area contributed by atoms with Crippen molar-refractivity contribution in [2.45, 2.75) is 64.2 Å². The lowest BCUT2D eigenvalue weighted by molar-refractivity contribution is -0.129. The van der Waals surface area contributed by atoms with Crippen LogP contribution in [0.2, 0.25) is 0 Å². The summed E-state index contributed by atoms with van der Waals surface area (Å²) in [5.74, 6) is 2.19. The summed E-state index contributed by atoms with van der Waals surface area (Å²) in [5.41, 5.74) is 1.10. The van der Waals surface area contributed by atoms with Crippen molar-refractivity contribution in [3.8, 4) is 0 Å². The van der Waals surface area contributed by atoms with Crippen LogP contribution in [0.5, 0.6) is 0 Å². The van der Waals surface area contributed by atoms with Gasteiger partial charge in [0.05, 0.1) is 6.20 Å². The highest BCUT2D eigenvalue weighted by molar-refractivity contribution is 5.76. The SMILES string of the molecule is CN(CCc1cn[nH]c1)C(=O)CCc1nnc(CCC2CCCCC2)o1. The van der Waals surface area contributed by atoms with E-state index < -0.39 is 0 Å². The van der Waals surface area contributed by atoms with E-state index in [1.807, 2.05) is 13.2 Å². The van der Waals surface area contributed by atoms with Gasteiger partial charge in [-0.3, -0.25) is 9.89 Å². The maximum Gasteiger partial charge on any atom is 0.222 e. The number of aromatic amines is 1. The Kier molecular flexibility index (Phi) is 6.80. The Morgan fingerprint density at radius 3 is 2.69 bits per heavy atom. The van der Waals surface area contributed by atoms with Gasteiger partial charge in [0.25, 0.3) is 0 Å². The highest BCUT2D eigenvalue weighted by Crippen LogP contribution is 2.27. The summed E-state index contributed by atoms with van der Waals surface area (Å²) in [6.45, 7) is 0.675. The summed E-state index contributed by atoms with van der Waals surface area (Å²) in [5, 5.41) is 14.9. The van der Waals surface area contributed by atoms with Gasteiger partial charge in [-0.1, -0.05) is 32.1 Å². The Morgan fingerprint density at radius 2 is 1.96 bits per heavy atom. The van der Waals surface area contributed by atoms with Gasteiger partial charge in [-0.15, -0.1) is 10.2 Å². The second-order valence-corrected chi connectivity index (χ2v) is 7.30. The Labute approximate surface area is 154 Å². The number of rotatable bonds is 9. The molecule has 0 spiro atoms. The van der Waals surface area contributed by atoms with Crippen LogP contribution >= 0.6 is 0 Å². The zero-order valence-corrected chi connectivity index (χ0v) is 15.6. The Morgan fingerprint density at radius 1 is 1.19 bits per heavy atom. The molecule has 1 aliphatic carbocycles. The molecule has 142 valence electrons. The van der Waals surface area contributed by atoms with Gasteiger partial charge in [0.15, 0.2) is 0 Å². The monoisotopic (exact) mass is 359 g/mol. The predicted octanol–water partition coefficient (Wildman–Crippen LogP) is 2.94. The molecule has 2 heterocycles. The van der Waals surface area contributed by atoms with E-state index in [0.29, 0.717) is 31.2 Å². The lowest BCUT2D eigenvalue weighted by Gasteiger charge is -2.20. The summed E-state index contributed by atoms with van der Waals surface area (Å²) >= 11 is 0. The Hall–Kier alpha value is -2.18. The number of carbonyl (C=O) groups excluding carboxylic acids is 1. The second-order valence-electron chi connectivity index (χ2n) is 7.30. The fourth-order valence-electron chi connectivity index (χ4n) is 3.53. The number of carbonyl (C=O) groups is 1. The van der Waals surface area contributed by atoms with E-state index >= 15 is 0 Å². The van der Waals surface area contributed by atoms with Crippen LogP contribution in [-0.4, -0.2) is 44.8 Å². The first kappa shape index (κ1) is 18.6. The van der Waals surface area contributed by atoms with Gasteiger partial charge in [-0.05, 0) is 24.3 Å². The number of hydrogen-bond donors (Lipinski definition) is 1. The van der Waals surface area contributed by atoms with Crippen LogP contribution in [0, 0.1) is 5.92 Å². The Bertz CT molecular complexity index is 661. The van der Waals surface area contributed by atoms with Gasteiger partial charge in [0, 0.05) is 39.1 Å². The summed E-state index contributed by atoms with van der Waals surface area (Å²) in [6, 6.07) is 0. The second kappa shape index (κ2) is 9.50. The fraction of sp³-hybridized carbons (Fsp3) is 0.684. The molecule has 7 nitrogen and oxygen atoms in total. The molecule has 0 atom stereocenters. The Balaban J connectivity index is 1.36. The maximum absolute atomic E-state index is 12.2. The topological polar surface area (TPSA) is 87.9 Å². The van der Waals surface area contributed by atoms with E-state index in [0.717, 1.165) is 30.7 Å². The van der Waals surface area contributed by atoms with E-state index in [1.165, 1.54) is 32.1 Å². The zero-order valence-electron chi connectivity index (χ0n) is 15.6. The molecule has 2 aromatic heterocycles. The van der Waals surface area contributed by atoms with Crippen molar-refractivity contribution in [1.29, 1.82) is 0 Å². The molecular formula is C19H29N5O2. The minimum atomic E-state index is 0.0930. The van der Waals surface area contributed by atoms with Gasteiger partial charge in [-0.2, -0.15) is 5.10 Å². The molecule has 1 saturated carbocycles. The molecule has 0 unspecified atom stereocenters. The summed E-state index contributed by atoms with van der Waals surface area (Å²) in [7, 11) is 1.83. The number of hydrogen-bond acceptors (Lipinski definition) is 5. The standard InChI is InChI=1S/C19H29N5O2/c1-24(12-11-16-13-20-21-14-16)19(25)10-9-18-23-22-17(26-18)8-7-15-5-3-2-4-6-15/h13-15H,2-12H2,1H3,(H,20,21). The molecule has 3 rings (SSSR count). The van der Waals surface area contributed by atoms with Crippen molar-refractivity contribution >= 4 is 5.91 Å². The van der Waals surface area contributed by atoms with Crippen LogP contribution in [-0.2, 0) is 24.1 Å². The van der Waals surface area contributed by atoms with E-state index in [4.69, 9.17) is 4.42 Å². The van der Waals surface area contributed by atoms with Gasteiger partial charge < -0.3 is 9.32 Å². The molecule has 0 aliphatic heterocycles. The number of aryl methyl sites for hydroxylation is 2. The van der Waals surface area contributed by atoms with Gasteiger partial charge in [0.1, 0.15) is 0 Å². The minimum Gasteiger partial charge on any atom is -0.425 e. The summed E-state index contributed by atoms with van der Waals surface area (Å²) in [4.78, 5) is 14.0. The summed E-state index contributed by atoms with van der Waals surface area (Å²) in [6.07, 6.45) is 14.1. The van der Waals surface area contributed by atoms with E-state index in [2.05, 4.69) is 20.4 Å². The first-order valence-corrected chi connectivity index (χ1v) is 9.73. The van der Waals surface area contributed by atoms with Crippen molar-refractivity contribution < 1.29 is 9.21 Å². The minimum absolute atomic E-state index is 0.0930. The fourth-order valence-corrected chi connectivity index (χ4v) is 3.53. The lowest BCUT2D eigenvalue weighted by Crippen LogP contribution is -2.29. The largest absolute Gasteiger partial charge is 0.425 e. The number of nitrogens with zero attached hydrogens (tertiary/aromatic N) is 4. The molecule has 0 radical (unpaired) electrons. The molecule has 26 heavy (non-hydrogen) atoms. The third kappa shape index (κ3) is 5.68. The molecule has 1 N–H and O–H groups in total.